The fraction of sp³-hybridized carbons (Fsp3) is 0.333. The molecule has 0 amide bonds. The van der Waals surface area contributed by atoms with Gasteiger partial charge < -0.3 is 10.5 Å². The molecule has 5 nitrogen and oxygen atoms in total. The third-order valence-electron chi connectivity index (χ3n) is 2.34. The van der Waals surface area contributed by atoms with Crippen molar-refractivity contribution in [2.75, 3.05) is 5.73 Å². The van der Waals surface area contributed by atoms with Gasteiger partial charge in [-0.3, -0.25) is 0 Å². The van der Waals surface area contributed by atoms with E-state index in [4.69, 9.17) is 10.5 Å². The van der Waals surface area contributed by atoms with Crippen LogP contribution in [0.3, 0.4) is 0 Å². The molecule has 0 saturated heterocycles. The van der Waals surface area contributed by atoms with Gasteiger partial charge in [0.15, 0.2) is 11.5 Å². The summed E-state index contributed by atoms with van der Waals surface area (Å²) in [4.78, 5) is 4.06. The van der Waals surface area contributed by atoms with Crippen LogP contribution in [0.2, 0.25) is 0 Å². The van der Waals surface area contributed by atoms with Gasteiger partial charge in [0.1, 0.15) is 0 Å². The third-order valence-corrected chi connectivity index (χ3v) is 2.34. The van der Waals surface area contributed by atoms with Crippen LogP contribution in [0.1, 0.15) is 19.5 Å². The van der Waals surface area contributed by atoms with Crippen molar-refractivity contribution in [3.63, 3.8) is 0 Å². The summed E-state index contributed by atoms with van der Waals surface area (Å²) in [6.45, 7) is 3.59. The predicted molar refractivity (Wildman–Crippen MR) is 66.5 cm³/mol. The lowest BCUT2D eigenvalue weighted by atomic mass is 10.4. The van der Waals surface area contributed by atoms with Crippen molar-refractivity contribution in [3.05, 3.63) is 30.1 Å². The summed E-state index contributed by atoms with van der Waals surface area (Å²) in [5.41, 5.74) is 5.02. The molecule has 2 heterocycles. The Morgan fingerprint density at radius 3 is 2.50 bits per heavy atom. The number of aromatic nitrogens is 3. The zero-order chi connectivity index (χ0) is 14.9. The second-order valence-corrected chi connectivity index (χ2v) is 4.37. The molecule has 0 saturated carbocycles. The Hall–Kier alpha value is -2.25. The molecular weight excluding hydrogens is 273 g/mol. The molecule has 0 bridgehead atoms. The minimum Gasteiger partial charge on any atom is -0.473 e. The number of hydrogen-bond donors (Lipinski definition) is 1. The number of anilines is 1. The van der Waals surface area contributed by atoms with E-state index in [9.17, 15) is 13.2 Å². The van der Waals surface area contributed by atoms with Gasteiger partial charge in [0.2, 0.25) is 5.88 Å². The van der Waals surface area contributed by atoms with E-state index in [2.05, 4.69) is 10.1 Å². The Morgan fingerprint density at radius 2 is 1.95 bits per heavy atom. The van der Waals surface area contributed by atoms with Crippen molar-refractivity contribution in [2.45, 2.75) is 26.1 Å². The first-order valence-electron chi connectivity index (χ1n) is 5.84. The van der Waals surface area contributed by atoms with Gasteiger partial charge in [-0.15, -0.1) is 0 Å². The van der Waals surface area contributed by atoms with Crippen molar-refractivity contribution >= 4 is 5.69 Å². The maximum absolute atomic E-state index is 12.5. The topological polar surface area (TPSA) is 66.0 Å². The zero-order valence-corrected chi connectivity index (χ0v) is 10.8. The average molecular weight is 286 g/mol. The molecule has 2 aromatic rings. The van der Waals surface area contributed by atoms with E-state index in [1.807, 2.05) is 0 Å². The Morgan fingerprint density at radius 1 is 1.25 bits per heavy atom. The molecule has 20 heavy (non-hydrogen) atoms. The monoisotopic (exact) mass is 286 g/mol. The summed E-state index contributed by atoms with van der Waals surface area (Å²) in [6, 6.07) is 3.85. The molecule has 0 unspecified atom stereocenters. The molecule has 2 rings (SSSR count). The van der Waals surface area contributed by atoms with Crippen LogP contribution in [-0.4, -0.2) is 20.9 Å². The lowest BCUT2D eigenvalue weighted by Crippen LogP contribution is -2.11. The Balaban J connectivity index is 2.36. The van der Waals surface area contributed by atoms with Crippen molar-refractivity contribution in [2.24, 2.45) is 0 Å². The summed E-state index contributed by atoms with van der Waals surface area (Å²) in [6.07, 6.45) is -3.46. The molecule has 2 N–H and O–H groups in total. The Bertz CT molecular complexity index is 607. The quantitative estimate of drug-likeness (QED) is 0.942. The maximum atomic E-state index is 12.5. The third kappa shape index (κ3) is 3.01. The van der Waals surface area contributed by atoms with Crippen LogP contribution in [0.15, 0.2) is 24.4 Å². The first kappa shape index (κ1) is 14.2. The first-order valence-corrected chi connectivity index (χ1v) is 5.84. The number of rotatable bonds is 3. The van der Waals surface area contributed by atoms with Crippen LogP contribution in [0, 0.1) is 0 Å². The van der Waals surface area contributed by atoms with Gasteiger partial charge in [0.05, 0.1) is 11.8 Å². The van der Waals surface area contributed by atoms with E-state index >= 15 is 0 Å². The second-order valence-electron chi connectivity index (χ2n) is 4.37. The van der Waals surface area contributed by atoms with Gasteiger partial charge >= 0.3 is 6.18 Å². The fourth-order valence-electron chi connectivity index (χ4n) is 1.49. The predicted octanol–water partition coefficient (Wildman–Crippen LogP) is 2.66. The van der Waals surface area contributed by atoms with E-state index in [-0.39, 0.29) is 17.8 Å². The normalized spacial score (nSPS) is 11.9. The molecule has 0 aliphatic heterocycles. The number of nitrogens with zero attached hydrogens (tertiary/aromatic N) is 3. The smallest absolute Gasteiger partial charge is 0.435 e. The molecule has 108 valence electrons. The minimum absolute atomic E-state index is 0.150. The largest absolute Gasteiger partial charge is 0.473 e. The maximum Gasteiger partial charge on any atom is 0.435 e. The van der Waals surface area contributed by atoms with Gasteiger partial charge in [-0.2, -0.15) is 23.3 Å². The average Bonchev–Trinajstić information content (AvgIpc) is 2.80. The molecule has 8 heteroatoms. The molecule has 0 radical (unpaired) electrons. The van der Waals surface area contributed by atoms with Crippen LogP contribution in [0.25, 0.3) is 5.82 Å². The van der Waals surface area contributed by atoms with Crippen LogP contribution in [-0.2, 0) is 6.18 Å². The van der Waals surface area contributed by atoms with Crippen LogP contribution in [0.4, 0.5) is 18.9 Å². The summed E-state index contributed by atoms with van der Waals surface area (Å²) in [5, 5.41) is 3.43. The molecule has 0 fully saturated rings. The molecular formula is C12H13F3N4O. The highest BCUT2D eigenvalue weighted by Gasteiger charge is 2.33. The van der Waals surface area contributed by atoms with E-state index < -0.39 is 11.9 Å². The van der Waals surface area contributed by atoms with Crippen molar-refractivity contribution in [3.8, 4) is 11.7 Å². The lowest BCUT2D eigenvalue weighted by Gasteiger charge is -2.12. The molecule has 0 aliphatic rings. The summed E-state index contributed by atoms with van der Waals surface area (Å²) >= 11 is 0. The zero-order valence-electron chi connectivity index (χ0n) is 10.8. The number of nitrogens with two attached hydrogens (primary N) is 1. The van der Waals surface area contributed by atoms with Gasteiger partial charge in [0, 0.05) is 6.20 Å². The van der Waals surface area contributed by atoms with Gasteiger partial charge in [0.25, 0.3) is 0 Å². The number of nitrogen functional groups attached to an aromatic ring is 1. The highest BCUT2D eigenvalue weighted by Crippen LogP contribution is 2.28. The van der Waals surface area contributed by atoms with Gasteiger partial charge in [-0.05, 0) is 32.0 Å². The highest BCUT2D eigenvalue weighted by atomic mass is 19.4. The van der Waals surface area contributed by atoms with Gasteiger partial charge in [-0.25, -0.2) is 4.68 Å². The van der Waals surface area contributed by atoms with Gasteiger partial charge in [-0.1, -0.05) is 0 Å². The van der Waals surface area contributed by atoms with Crippen molar-refractivity contribution in [1.82, 2.24) is 14.8 Å². The SMILES string of the molecule is CC(C)Oc1nc(-n2ccc(C(F)(F)F)n2)ccc1N. The molecule has 0 aromatic carbocycles. The molecule has 0 spiro atoms. The molecule has 0 aliphatic carbocycles. The Labute approximate surface area is 113 Å². The number of ether oxygens (including phenoxy) is 1. The number of pyridine rings is 1. The van der Waals surface area contributed by atoms with Crippen LogP contribution in [0.5, 0.6) is 5.88 Å². The molecule has 2 aromatic heterocycles. The highest BCUT2D eigenvalue weighted by molar-refractivity contribution is 5.50. The number of hydrogen-bond acceptors (Lipinski definition) is 4. The summed E-state index contributed by atoms with van der Waals surface area (Å²) < 4.78 is 43.9. The van der Waals surface area contributed by atoms with E-state index in [0.29, 0.717) is 5.69 Å². The van der Waals surface area contributed by atoms with E-state index in [0.717, 1.165) is 10.7 Å². The van der Waals surface area contributed by atoms with E-state index in [1.54, 1.807) is 13.8 Å². The summed E-state index contributed by atoms with van der Waals surface area (Å²) in [5.74, 6) is 0.368. The van der Waals surface area contributed by atoms with Crippen molar-refractivity contribution < 1.29 is 17.9 Å². The molecule has 0 atom stereocenters. The number of halogens is 3. The Kier molecular flexibility index (Phi) is 3.56. The number of alkyl halides is 3. The second kappa shape index (κ2) is 5.03. The van der Waals surface area contributed by atoms with Crippen LogP contribution >= 0.6 is 0 Å². The fourth-order valence-corrected chi connectivity index (χ4v) is 1.49. The summed E-state index contributed by atoms with van der Waals surface area (Å²) in [7, 11) is 0. The van der Waals surface area contributed by atoms with Crippen LogP contribution < -0.4 is 10.5 Å². The standard InChI is InChI=1S/C12H13F3N4O/c1-7(2)20-11-8(16)3-4-10(17-11)19-6-5-9(18-19)12(13,14)15/h3-7H,16H2,1-2H3. The van der Waals surface area contributed by atoms with Crippen molar-refractivity contribution in [1.29, 1.82) is 0 Å². The minimum atomic E-state index is -4.49. The lowest BCUT2D eigenvalue weighted by molar-refractivity contribution is -0.141. The first-order chi connectivity index (χ1) is 9.27. The van der Waals surface area contributed by atoms with E-state index in [1.165, 1.54) is 18.3 Å².